The molecule has 1 atom stereocenters. The number of hydrogen-bond donors (Lipinski definition) is 1. The summed E-state index contributed by atoms with van der Waals surface area (Å²) in [6.45, 7) is 2.78. The lowest BCUT2D eigenvalue weighted by atomic mass is 10.00. The quantitative estimate of drug-likeness (QED) is 0.779. The third kappa shape index (κ3) is 1.79. The summed E-state index contributed by atoms with van der Waals surface area (Å²) in [4.78, 5) is 10.9. The van der Waals surface area contributed by atoms with E-state index in [4.69, 9.17) is 9.84 Å². The molecule has 0 aliphatic carbocycles. The van der Waals surface area contributed by atoms with Gasteiger partial charge in [0.2, 0.25) is 0 Å². The minimum Gasteiger partial charge on any atom is -0.481 e. The van der Waals surface area contributed by atoms with Gasteiger partial charge < -0.3 is 9.84 Å². The van der Waals surface area contributed by atoms with E-state index in [0.29, 0.717) is 32.0 Å². The van der Waals surface area contributed by atoms with Crippen LogP contribution in [0.1, 0.15) is 19.2 Å². The highest BCUT2D eigenvalue weighted by atomic mass is 16.5. The second-order valence-electron chi connectivity index (χ2n) is 3.52. The van der Waals surface area contributed by atoms with Crippen molar-refractivity contribution in [3.8, 4) is 6.01 Å². The molecule has 6 nitrogen and oxygen atoms in total. The number of aryl methyl sites for hydroxylation is 1. The molecule has 0 fully saturated rings. The van der Waals surface area contributed by atoms with Crippen LogP contribution in [0.2, 0.25) is 0 Å². The lowest BCUT2D eigenvalue weighted by Gasteiger charge is -2.20. The number of aliphatic carboxylic acids is 1. The van der Waals surface area contributed by atoms with E-state index in [1.54, 1.807) is 4.57 Å². The van der Waals surface area contributed by atoms with Crippen LogP contribution < -0.4 is 4.74 Å². The normalized spacial score (nSPS) is 19.7. The molecule has 1 aromatic rings. The molecule has 0 aromatic carbocycles. The van der Waals surface area contributed by atoms with E-state index in [9.17, 15) is 4.79 Å². The topological polar surface area (TPSA) is 77.2 Å². The summed E-state index contributed by atoms with van der Waals surface area (Å²) in [6, 6.07) is 0.429. The summed E-state index contributed by atoms with van der Waals surface area (Å²) in [6.07, 6.45) is 1.27. The van der Waals surface area contributed by atoms with Gasteiger partial charge in [-0.05, 0) is 13.3 Å². The zero-order valence-corrected chi connectivity index (χ0v) is 8.51. The maximum Gasteiger partial charge on any atom is 0.316 e. The van der Waals surface area contributed by atoms with Crippen LogP contribution in [0.25, 0.3) is 0 Å². The van der Waals surface area contributed by atoms with Crippen molar-refractivity contribution in [1.82, 2.24) is 14.8 Å². The summed E-state index contributed by atoms with van der Waals surface area (Å²) in [5.74, 6) is -0.305. The summed E-state index contributed by atoms with van der Waals surface area (Å²) >= 11 is 0. The number of hydrogen-bond acceptors (Lipinski definition) is 4. The number of nitrogens with zero attached hydrogens (tertiary/aromatic N) is 3. The Balaban J connectivity index is 2.22. The summed E-state index contributed by atoms with van der Waals surface area (Å²) < 4.78 is 7.02. The average Bonchev–Trinajstić information content (AvgIpc) is 2.61. The highest BCUT2D eigenvalue weighted by molar-refractivity contribution is 5.70. The standard InChI is InChI=1S/C9H13N3O3/c1-2-15-9-11-10-7-4-3-6(8(13)14)5-12(7)9/h6H,2-5H2,1H3,(H,13,14). The fraction of sp³-hybridized carbons (Fsp3) is 0.667. The van der Waals surface area contributed by atoms with Crippen LogP contribution in [0.3, 0.4) is 0 Å². The Bertz CT molecular complexity index is 375. The summed E-state index contributed by atoms with van der Waals surface area (Å²) in [7, 11) is 0. The van der Waals surface area contributed by atoms with E-state index in [1.165, 1.54) is 0 Å². The van der Waals surface area contributed by atoms with Gasteiger partial charge in [-0.3, -0.25) is 9.36 Å². The second-order valence-corrected chi connectivity index (χ2v) is 3.52. The van der Waals surface area contributed by atoms with Crippen LogP contribution in [0.4, 0.5) is 0 Å². The Kier molecular flexibility index (Phi) is 2.57. The van der Waals surface area contributed by atoms with Crippen LogP contribution >= 0.6 is 0 Å². The molecule has 82 valence electrons. The van der Waals surface area contributed by atoms with Gasteiger partial charge in [0, 0.05) is 13.0 Å². The van der Waals surface area contributed by atoms with Crippen LogP contribution in [0.5, 0.6) is 6.01 Å². The van der Waals surface area contributed by atoms with Gasteiger partial charge in [-0.1, -0.05) is 5.10 Å². The predicted octanol–water partition coefficient (Wildman–Crippen LogP) is 0.324. The molecule has 0 radical (unpaired) electrons. The first-order valence-electron chi connectivity index (χ1n) is 5.00. The molecule has 0 spiro atoms. The van der Waals surface area contributed by atoms with Gasteiger partial charge in [0.1, 0.15) is 5.82 Å². The number of carbonyl (C=O) groups is 1. The molecule has 1 aromatic heterocycles. The largest absolute Gasteiger partial charge is 0.481 e. The Morgan fingerprint density at radius 2 is 2.47 bits per heavy atom. The Morgan fingerprint density at radius 3 is 3.13 bits per heavy atom. The summed E-state index contributed by atoms with van der Waals surface area (Å²) in [5, 5.41) is 16.8. The smallest absolute Gasteiger partial charge is 0.316 e. The van der Waals surface area contributed by atoms with Gasteiger partial charge >= 0.3 is 12.0 Å². The third-order valence-electron chi connectivity index (χ3n) is 2.54. The minimum absolute atomic E-state index is 0.354. The Hall–Kier alpha value is -1.59. The van der Waals surface area contributed by atoms with Crippen molar-refractivity contribution >= 4 is 5.97 Å². The third-order valence-corrected chi connectivity index (χ3v) is 2.54. The van der Waals surface area contributed by atoms with Crippen LogP contribution in [-0.4, -0.2) is 32.4 Å². The molecule has 2 heterocycles. The van der Waals surface area contributed by atoms with Crippen molar-refractivity contribution in [1.29, 1.82) is 0 Å². The number of carboxylic acid groups (broad SMARTS) is 1. The SMILES string of the molecule is CCOc1nnc2n1CC(C(=O)O)CC2. The lowest BCUT2D eigenvalue weighted by Crippen LogP contribution is -2.27. The average molecular weight is 211 g/mol. The molecule has 1 N–H and O–H groups in total. The van der Waals surface area contributed by atoms with Gasteiger partial charge in [-0.25, -0.2) is 0 Å². The molecule has 6 heteroatoms. The van der Waals surface area contributed by atoms with Gasteiger partial charge in [0.25, 0.3) is 0 Å². The van der Waals surface area contributed by atoms with Gasteiger partial charge in [0.15, 0.2) is 0 Å². The van der Waals surface area contributed by atoms with Gasteiger partial charge in [-0.2, -0.15) is 0 Å². The number of ether oxygens (including phenoxy) is 1. The second kappa shape index (κ2) is 3.88. The van der Waals surface area contributed by atoms with Crippen molar-refractivity contribution in [2.45, 2.75) is 26.3 Å². The molecular weight excluding hydrogens is 198 g/mol. The molecule has 0 saturated heterocycles. The number of rotatable bonds is 3. The van der Waals surface area contributed by atoms with Gasteiger partial charge in [0.05, 0.1) is 12.5 Å². The van der Waals surface area contributed by atoms with E-state index in [1.807, 2.05) is 6.92 Å². The number of carboxylic acids is 1. The van der Waals surface area contributed by atoms with E-state index >= 15 is 0 Å². The molecular formula is C9H13N3O3. The highest BCUT2D eigenvalue weighted by Crippen LogP contribution is 2.23. The van der Waals surface area contributed by atoms with Crippen molar-refractivity contribution < 1.29 is 14.6 Å². The molecule has 1 aliphatic heterocycles. The van der Waals surface area contributed by atoms with E-state index in [-0.39, 0.29) is 5.92 Å². The Labute approximate surface area is 86.9 Å². The first kappa shape index (κ1) is 9.95. The molecule has 0 bridgehead atoms. The number of aromatic nitrogens is 3. The number of fused-ring (bicyclic) bond motifs is 1. The maximum absolute atomic E-state index is 10.9. The van der Waals surface area contributed by atoms with Crippen LogP contribution in [0.15, 0.2) is 0 Å². The minimum atomic E-state index is -0.767. The van der Waals surface area contributed by atoms with Crippen molar-refractivity contribution in [3.63, 3.8) is 0 Å². The maximum atomic E-state index is 10.9. The fourth-order valence-electron chi connectivity index (χ4n) is 1.74. The molecule has 2 rings (SSSR count). The van der Waals surface area contributed by atoms with Crippen molar-refractivity contribution in [2.24, 2.45) is 5.92 Å². The molecule has 0 saturated carbocycles. The van der Waals surface area contributed by atoms with Crippen LogP contribution in [-0.2, 0) is 17.8 Å². The Morgan fingerprint density at radius 1 is 1.67 bits per heavy atom. The zero-order chi connectivity index (χ0) is 10.8. The monoisotopic (exact) mass is 211 g/mol. The predicted molar refractivity (Wildman–Crippen MR) is 50.6 cm³/mol. The molecule has 1 unspecified atom stereocenters. The summed E-state index contributed by atoms with van der Waals surface area (Å²) in [5.41, 5.74) is 0. The van der Waals surface area contributed by atoms with Crippen molar-refractivity contribution in [3.05, 3.63) is 5.82 Å². The van der Waals surface area contributed by atoms with Crippen molar-refractivity contribution in [2.75, 3.05) is 6.61 Å². The molecule has 1 aliphatic rings. The van der Waals surface area contributed by atoms with E-state index in [0.717, 1.165) is 5.82 Å². The first-order valence-corrected chi connectivity index (χ1v) is 5.00. The zero-order valence-electron chi connectivity index (χ0n) is 8.51. The van der Waals surface area contributed by atoms with E-state index < -0.39 is 5.97 Å². The molecule has 15 heavy (non-hydrogen) atoms. The van der Waals surface area contributed by atoms with Gasteiger partial charge in [-0.15, -0.1) is 5.10 Å². The van der Waals surface area contributed by atoms with E-state index in [2.05, 4.69) is 10.2 Å². The first-order chi connectivity index (χ1) is 7.22. The van der Waals surface area contributed by atoms with Crippen LogP contribution in [0, 0.1) is 5.92 Å². The molecule has 0 amide bonds. The lowest BCUT2D eigenvalue weighted by molar-refractivity contribution is -0.142. The fourth-order valence-corrected chi connectivity index (χ4v) is 1.74. The highest BCUT2D eigenvalue weighted by Gasteiger charge is 2.27.